The SMILES string of the molecule is CN(C)Cc1ccc(C(c2ccncc2)N2CCNCC2)cc1. The van der Waals surface area contributed by atoms with E-state index in [9.17, 15) is 0 Å². The van der Waals surface area contributed by atoms with Gasteiger partial charge in [0.1, 0.15) is 0 Å². The van der Waals surface area contributed by atoms with E-state index in [1.54, 1.807) is 0 Å². The van der Waals surface area contributed by atoms with Gasteiger partial charge in [-0.2, -0.15) is 0 Å². The minimum absolute atomic E-state index is 0.313. The lowest BCUT2D eigenvalue weighted by molar-refractivity contribution is 0.198. The highest BCUT2D eigenvalue weighted by Crippen LogP contribution is 2.28. The fraction of sp³-hybridized carbons (Fsp3) is 0.421. The van der Waals surface area contributed by atoms with Crippen LogP contribution in [0.2, 0.25) is 0 Å². The second kappa shape index (κ2) is 7.68. The summed E-state index contributed by atoms with van der Waals surface area (Å²) >= 11 is 0. The van der Waals surface area contributed by atoms with Gasteiger partial charge in [0.2, 0.25) is 0 Å². The molecule has 23 heavy (non-hydrogen) atoms. The standard InChI is InChI=1S/C19H26N4/c1-22(2)15-16-3-5-17(6-4-16)19(18-7-9-20-10-8-18)23-13-11-21-12-14-23/h3-10,19,21H,11-15H2,1-2H3. The summed E-state index contributed by atoms with van der Waals surface area (Å²) in [5.41, 5.74) is 4.04. The van der Waals surface area contributed by atoms with Gasteiger partial charge >= 0.3 is 0 Å². The summed E-state index contributed by atoms with van der Waals surface area (Å²) in [5, 5.41) is 3.44. The Balaban J connectivity index is 1.88. The molecule has 1 fully saturated rings. The first kappa shape index (κ1) is 16.1. The molecule has 1 aromatic heterocycles. The maximum absolute atomic E-state index is 4.18. The van der Waals surface area contributed by atoms with Gasteiger partial charge in [-0.05, 0) is 42.9 Å². The van der Waals surface area contributed by atoms with Crippen LogP contribution in [0.25, 0.3) is 0 Å². The zero-order valence-electron chi connectivity index (χ0n) is 14.1. The highest BCUT2D eigenvalue weighted by atomic mass is 15.2. The third-order valence-electron chi connectivity index (χ3n) is 4.33. The smallest absolute Gasteiger partial charge is 0.0603 e. The van der Waals surface area contributed by atoms with Crippen LogP contribution in [0.5, 0.6) is 0 Å². The quantitative estimate of drug-likeness (QED) is 0.917. The molecular formula is C19H26N4. The molecule has 1 atom stereocenters. The van der Waals surface area contributed by atoms with Crippen LogP contribution in [0.1, 0.15) is 22.7 Å². The molecule has 2 aromatic rings. The van der Waals surface area contributed by atoms with Crippen molar-refractivity contribution in [1.29, 1.82) is 0 Å². The Morgan fingerprint density at radius 2 is 1.61 bits per heavy atom. The summed E-state index contributed by atoms with van der Waals surface area (Å²) < 4.78 is 0. The first-order valence-corrected chi connectivity index (χ1v) is 8.32. The summed E-state index contributed by atoms with van der Waals surface area (Å²) in [6, 6.07) is 13.7. The minimum Gasteiger partial charge on any atom is -0.314 e. The first-order chi connectivity index (χ1) is 11.2. The van der Waals surface area contributed by atoms with Crippen molar-refractivity contribution >= 4 is 0 Å². The maximum Gasteiger partial charge on any atom is 0.0603 e. The van der Waals surface area contributed by atoms with Crippen molar-refractivity contribution in [2.24, 2.45) is 0 Å². The minimum atomic E-state index is 0.313. The number of hydrogen-bond donors (Lipinski definition) is 1. The average Bonchev–Trinajstić information content (AvgIpc) is 2.58. The van der Waals surface area contributed by atoms with Gasteiger partial charge in [-0.3, -0.25) is 9.88 Å². The van der Waals surface area contributed by atoms with Gasteiger partial charge in [0, 0.05) is 45.1 Å². The molecule has 2 heterocycles. The van der Waals surface area contributed by atoms with Gasteiger partial charge in [0.15, 0.2) is 0 Å². The van der Waals surface area contributed by atoms with Crippen LogP contribution in [-0.2, 0) is 6.54 Å². The van der Waals surface area contributed by atoms with Crippen molar-refractivity contribution in [2.75, 3.05) is 40.3 Å². The number of piperazine rings is 1. The second-order valence-corrected chi connectivity index (χ2v) is 6.45. The average molecular weight is 310 g/mol. The fourth-order valence-electron chi connectivity index (χ4n) is 3.27. The summed E-state index contributed by atoms with van der Waals surface area (Å²) in [5.74, 6) is 0. The highest BCUT2D eigenvalue weighted by molar-refractivity contribution is 5.33. The summed E-state index contributed by atoms with van der Waals surface area (Å²) in [6.45, 7) is 5.24. The Bertz CT molecular complexity index is 589. The van der Waals surface area contributed by atoms with Crippen LogP contribution in [0.3, 0.4) is 0 Å². The van der Waals surface area contributed by atoms with Crippen LogP contribution in [0.4, 0.5) is 0 Å². The molecule has 0 spiro atoms. The molecule has 0 bridgehead atoms. The van der Waals surface area contributed by atoms with Crippen LogP contribution in [0, 0.1) is 0 Å². The Morgan fingerprint density at radius 1 is 1.00 bits per heavy atom. The Morgan fingerprint density at radius 3 is 2.22 bits per heavy atom. The molecule has 1 aliphatic heterocycles. The van der Waals surface area contributed by atoms with Crippen molar-refractivity contribution in [3.63, 3.8) is 0 Å². The van der Waals surface area contributed by atoms with Gasteiger partial charge in [0.25, 0.3) is 0 Å². The molecule has 1 aromatic carbocycles. The molecule has 0 aliphatic carbocycles. The van der Waals surface area contributed by atoms with Crippen molar-refractivity contribution in [3.05, 3.63) is 65.5 Å². The van der Waals surface area contributed by atoms with E-state index < -0.39 is 0 Å². The molecule has 1 saturated heterocycles. The fourth-order valence-corrected chi connectivity index (χ4v) is 3.27. The number of rotatable bonds is 5. The van der Waals surface area contributed by atoms with E-state index in [1.165, 1.54) is 16.7 Å². The predicted molar refractivity (Wildman–Crippen MR) is 94.4 cm³/mol. The van der Waals surface area contributed by atoms with E-state index in [-0.39, 0.29) is 0 Å². The predicted octanol–water partition coefficient (Wildman–Crippen LogP) is 2.14. The number of hydrogen-bond acceptors (Lipinski definition) is 4. The van der Waals surface area contributed by atoms with Crippen molar-refractivity contribution < 1.29 is 0 Å². The molecule has 1 aliphatic rings. The topological polar surface area (TPSA) is 31.4 Å². The van der Waals surface area contributed by atoms with Gasteiger partial charge in [-0.25, -0.2) is 0 Å². The zero-order valence-corrected chi connectivity index (χ0v) is 14.1. The van der Waals surface area contributed by atoms with Crippen LogP contribution < -0.4 is 5.32 Å². The van der Waals surface area contributed by atoms with Gasteiger partial charge < -0.3 is 10.2 Å². The molecule has 4 nitrogen and oxygen atoms in total. The normalized spacial score (nSPS) is 17.3. The summed E-state index contributed by atoms with van der Waals surface area (Å²) in [4.78, 5) is 8.94. The van der Waals surface area contributed by atoms with Crippen LogP contribution in [-0.4, -0.2) is 55.1 Å². The highest BCUT2D eigenvalue weighted by Gasteiger charge is 2.23. The molecule has 3 rings (SSSR count). The van der Waals surface area contributed by atoms with Crippen molar-refractivity contribution in [2.45, 2.75) is 12.6 Å². The van der Waals surface area contributed by atoms with Gasteiger partial charge in [0.05, 0.1) is 6.04 Å². The summed E-state index contributed by atoms with van der Waals surface area (Å²) in [6.07, 6.45) is 3.79. The summed E-state index contributed by atoms with van der Waals surface area (Å²) in [7, 11) is 4.21. The Kier molecular flexibility index (Phi) is 5.39. The molecule has 1 N–H and O–H groups in total. The zero-order chi connectivity index (χ0) is 16.1. The van der Waals surface area contributed by atoms with E-state index in [0.717, 1.165) is 32.7 Å². The number of nitrogens with one attached hydrogen (secondary N) is 1. The molecule has 0 amide bonds. The van der Waals surface area contributed by atoms with Gasteiger partial charge in [-0.15, -0.1) is 0 Å². The second-order valence-electron chi connectivity index (χ2n) is 6.45. The molecular weight excluding hydrogens is 284 g/mol. The largest absolute Gasteiger partial charge is 0.314 e. The number of nitrogens with zero attached hydrogens (tertiary/aromatic N) is 3. The molecule has 1 unspecified atom stereocenters. The number of pyridine rings is 1. The monoisotopic (exact) mass is 310 g/mol. The lowest BCUT2D eigenvalue weighted by Gasteiger charge is -2.35. The molecule has 0 saturated carbocycles. The lowest BCUT2D eigenvalue weighted by atomic mass is 9.96. The van der Waals surface area contributed by atoms with Crippen molar-refractivity contribution in [1.82, 2.24) is 20.1 Å². The van der Waals surface area contributed by atoms with E-state index in [4.69, 9.17) is 0 Å². The molecule has 122 valence electrons. The Hall–Kier alpha value is -1.75. The van der Waals surface area contributed by atoms with Gasteiger partial charge in [-0.1, -0.05) is 24.3 Å². The van der Waals surface area contributed by atoms with E-state index >= 15 is 0 Å². The van der Waals surface area contributed by atoms with E-state index in [1.807, 2.05) is 12.4 Å². The van der Waals surface area contributed by atoms with Crippen LogP contribution in [0.15, 0.2) is 48.8 Å². The van der Waals surface area contributed by atoms with E-state index in [0.29, 0.717) is 6.04 Å². The van der Waals surface area contributed by atoms with Crippen LogP contribution >= 0.6 is 0 Å². The van der Waals surface area contributed by atoms with E-state index in [2.05, 4.69) is 70.6 Å². The third kappa shape index (κ3) is 4.16. The number of benzene rings is 1. The molecule has 4 heteroatoms. The maximum atomic E-state index is 4.18. The molecule has 0 radical (unpaired) electrons. The number of aromatic nitrogens is 1. The first-order valence-electron chi connectivity index (χ1n) is 8.32. The Labute approximate surface area is 139 Å². The third-order valence-corrected chi connectivity index (χ3v) is 4.33. The lowest BCUT2D eigenvalue weighted by Crippen LogP contribution is -2.45. The van der Waals surface area contributed by atoms with Crippen molar-refractivity contribution in [3.8, 4) is 0 Å².